The van der Waals surface area contributed by atoms with Gasteiger partial charge >= 0.3 is 5.97 Å². The fourth-order valence-corrected chi connectivity index (χ4v) is 1.78. The first kappa shape index (κ1) is 9.85. The van der Waals surface area contributed by atoms with Gasteiger partial charge in [-0.3, -0.25) is 0 Å². The Balaban J connectivity index is 2.19. The van der Waals surface area contributed by atoms with Crippen LogP contribution in [0.15, 0.2) is 0 Å². The first-order valence-corrected chi connectivity index (χ1v) is 4.33. The highest BCUT2D eigenvalue weighted by Crippen LogP contribution is 2.37. The molecule has 2 aliphatic heterocycles. The summed E-state index contributed by atoms with van der Waals surface area (Å²) < 4.78 is 15.4. The zero-order chi connectivity index (χ0) is 10.5. The molecule has 0 bridgehead atoms. The minimum atomic E-state index is -1.23. The highest BCUT2D eigenvalue weighted by molar-refractivity contribution is 5.73. The minimum Gasteiger partial charge on any atom is -0.479 e. The van der Waals surface area contributed by atoms with Gasteiger partial charge in [0, 0.05) is 0 Å². The smallest absolute Gasteiger partial charge is 0.335 e. The molecule has 4 atom stereocenters. The topological polar surface area (TPSA) is 85.2 Å². The zero-order valence-electron chi connectivity index (χ0n) is 7.84. The average Bonchev–Trinajstić information content (AvgIpc) is 2.47. The van der Waals surface area contributed by atoms with Crippen molar-refractivity contribution < 1.29 is 29.2 Å². The molecule has 14 heavy (non-hydrogen) atoms. The second kappa shape index (κ2) is 2.90. The number of hydrogen-bond acceptors (Lipinski definition) is 5. The van der Waals surface area contributed by atoms with E-state index in [9.17, 15) is 9.90 Å². The molecule has 2 fully saturated rings. The summed E-state index contributed by atoms with van der Waals surface area (Å²) in [5.41, 5.74) is 0. The third-order valence-electron chi connectivity index (χ3n) is 2.27. The average molecular weight is 204 g/mol. The highest BCUT2D eigenvalue weighted by atomic mass is 16.8. The molecule has 80 valence electrons. The second-order valence-corrected chi connectivity index (χ2v) is 3.85. The summed E-state index contributed by atoms with van der Waals surface area (Å²) in [6.45, 7) is 3.33. The molecule has 2 heterocycles. The van der Waals surface area contributed by atoms with Gasteiger partial charge in [0.1, 0.15) is 12.2 Å². The molecule has 0 aromatic heterocycles. The fourth-order valence-electron chi connectivity index (χ4n) is 1.78. The number of aliphatic hydroxyl groups excluding tert-OH is 1. The number of ether oxygens (including phenoxy) is 3. The molecule has 0 aromatic rings. The maximum Gasteiger partial charge on any atom is 0.335 e. The largest absolute Gasteiger partial charge is 0.479 e. The van der Waals surface area contributed by atoms with Gasteiger partial charge in [0.25, 0.3) is 0 Å². The molecule has 6 nitrogen and oxygen atoms in total. The second-order valence-electron chi connectivity index (χ2n) is 3.85. The lowest BCUT2D eigenvalue weighted by Gasteiger charge is -2.20. The predicted octanol–water partition coefficient (Wildman–Crippen LogP) is -0.692. The number of carboxylic acids is 1. The molecule has 0 spiro atoms. The van der Waals surface area contributed by atoms with Gasteiger partial charge in [0.15, 0.2) is 18.2 Å². The Morgan fingerprint density at radius 3 is 2.43 bits per heavy atom. The summed E-state index contributed by atoms with van der Waals surface area (Å²) in [5, 5.41) is 18.1. The van der Waals surface area contributed by atoms with Gasteiger partial charge in [-0.05, 0) is 13.8 Å². The summed E-state index contributed by atoms with van der Waals surface area (Å²) in [6, 6.07) is 0. The Morgan fingerprint density at radius 2 is 1.86 bits per heavy atom. The third kappa shape index (κ3) is 1.40. The Kier molecular flexibility index (Phi) is 2.04. The summed E-state index contributed by atoms with van der Waals surface area (Å²) in [5.74, 6) is -2.02. The first-order valence-electron chi connectivity index (χ1n) is 4.33. The monoisotopic (exact) mass is 204 g/mol. The van der Waals surface area contributed by atoms with E-state index in [0.717, 1.165) is 0 Å². The van der Waals surface area contributed by atoms with Crippen LogP contribution < -0.4 is 0 Å². The van der Waals surface area contributed by atoms with Gasteiger partial charge in [-0.1, -0.05) is 0 Å². The molecule has 0 saturated carbocycles. The van der Waals surface area contributed by atoms with Crippen molar-refractivity contribution in [1.82, 2.24) is 0 Å². The van der Waals surface area contributed by atoms with Gasteiger partial charge in [-0.15, -0.1) is 0 Å². The van der Waals surface area contributed by atoms with E-state index in [2.05, 4.69) is 0 Å². The lowest BCUT2D eigenvalue weighted by atomic mass is 10.1. The summed E-state index contributed by atoms with van der Waals surface area (Å²) in [4.78, 5) is 10.7. The van der Waals surface area contributed by atoms with Crippen LogP contribution in [0.2, 0.25) is 0 Å². The fraction of sp³-hybridized carbons (Fsp3) is 0.875. The number of aliphatic hydroxyl groups is 1. The van der Waals surface area contributed by atoms with Gasteiger partial charge in [0.2, 0.25) is 0 Å². The number of aliphatic carboxylic acids is 1. The molecular formula is C8H12O6. The number of hydrogen-bond donors (Lipinski definition) is 2. The SMILES string of the molecule is CC1(C)OC2C(O)OC(C(=O)O)C2O1. The third-order valence-corrected chi connectivity index (χ3v) is 2.27. The van der Waals surface area contributed by atoms with Crippen LogP contribution in [0.25, 0.3) is 0 Å². The Hall–Kier alpha value is -0.690. The zero-order valence-corrected chi connectivity index (χ0v) is 7.84. The van der Waals surface area contributed by atoms with Crippen molar-refractivity contribution in [3.05, 3.63) is 0 Å². The van der Waals surface area contributed by atoms with Gasteiger partial charge in [-0.2, -0.15) is 0 Å². The molecule has 2 N–H and O–H groups in total. The molecule has 4 unspecified atom stereocenters. The van der Waals surface area contributed by atoms with Gasteiger partial charge in [0.05, 0.1) is 0 Å². The number of carbonyl (C=O) groups is 1. The predicted molar refractivity (Wildman–Crippen MR) is 42.3 cm³/mol. The van der Waals surface area contributed by atoms with Crippen LogP contribution in [0.3, 0.4) is 0 Å². The quantitative estimate of drug-likeness (QED) is 0.588. The van der Waals surface area contributed by atoms with Crippen LogP contribution in [-0.2, 0) is 19.0 Å². The number of carboxylic acid groups (broad SMARTS) is 1. The van der Waals surface area contributed by atoms with Gasteiger partial charge < -0.3 is 24.4 Å². The van der Waals surface area contributed by atoms with Crippen molar-refractivity contribution >= 4 is 5.97 Å². The summed E-state index contributed by atoms with van der Waals surface area (Å²) >= 11 is 0. The standard InChI is InChI=1S/C8H12O6/c1-8(2)13-3-4(6(9)10)12-7(11)5(3)14-8/h3-5,7,11H,1-2H3,(H,9,10). The summed E-state index contributed by atoms with van der Waals surface area (Å²) in [7, 11) is 0. The molecule has 2 rings (SSSR count). The van der Waals surface area contributed by atoms with E-state index in [-0.39, 0.29) is 0 Å². The molecular weight excluding hydrogens is 192 g/mol. The maximum absolute atomic E-state index is 10.7. The lowest BCUT2D eigenvalue weighted by Crippen LogP contribution is -2.35. The molecule has 6 heteroatoms. The molecule has 0 amide bonds. The van der Waals surface area contributed by atoms with E-state index in [1.54, 1.807) is 13.8 Å². The molecule has 0 radical (unpaired) electrons. The molecule has 0 aliphatic carbocycles. The van der Waals surface area contributed by atoms with Crippen LogP contribution in [0.1, 0.15) is 13.8 Å². The lowest BCUT2D eigenvalue weighted by molar-refractivity contribution is -0.222. The minimum absolute atomic E-state index is 0.717. The van der Waals surface area contributed by atoms with Crippen molar-refractivity contribution in [2.45, 2.75) is 44.2 Å². The van der Waals surface area contributed by atoms with Crippen LogP contribution in [0, 0.1) is 0 Å². The van der Waals surface area contributed by atoms with E-state index >= 15 is 0 Å². The van der Waals surface area contributed by atoms with E-state index in [4.69, 9.17) is 19.3 Å². The van der Waals surface area contributed by atoms with Crippen LogP contribution in [0.4, 0.5) is 0 Å². The first-order chi connectivity index (χ1) is 6.41. The van der Waals surface area contributed by atoms with E-state index in [1.165, 1.54) is 0 Å². The van der Waals surface area contributed by atoms with Crippen molar-refractivity contribution in [2.24, 2.45) is 0 Å². The van der Waals surface area contributed by atoms with Crippen LogP contribution in [-0.4, -0.2) is 46.6 Å². The number of rotatable bonds is 1. The molecule has 0 aromatic carbocycles. The van der Waals surface area contributed by atoms with E-state index in [0.29, 0.717) is 0 Å². The Morgan fingerprint density at radius 1 is 1.29 bits per heavy atom. The summed E-state index contributed by atoms with van der Waals surface area (Å²) in [6.07, 6.45) is -3.84. The van der Waals surface area contributed by atoms with Crippen molar-refractivity contribution in [1.29, 1.82) is 0 Å². The van der Waals surface area contributed by atoms with E-state index < -0.39 is 36.4 Å². The Labute approximate surface area is 80.4 Å². The van der Waals surface area contributed by atoms with Crippen molar-refractivity contribution in [3.63, 3.8) is 0 Å². The maximum atomic E-state index is 10.7. The van der Waals surface area contributed by atoms with Crippen molar-refractivity contribution in [2.75, 3.05) is 0 Å². The van der Waals surface area contributed by atoms with Crippen LogP contribution >= 0.6 is 0 Å². The molecule has 2 saturated heterocycles. The Bertz CT molecular complexity index is 263. The normalized spacial score (nSPS) is 45.1. The van der Waals surface area contributed by atoms with E-state index in [1.807, 2.05) is 0 Å². The molecule has 2 aliphatic rings. The highest BCUT2D eigenvalue weighted by Gasteiger charge is 2.57. The number of fused-ring (bicyclic) bond motifs is 1. The van der Waals surface area contributed by atoms with Crippen LogP contribution in [0.5, 0.6) is 0 Å². The van der Waals surface area contributed by atoms with Crippen molar-refractivity contribution in [3.8, 4) is 0 Å². The van der Waals surface area contributed by atoms with Gasteiger partial charge in [-0.25, -0.2) is 4.79 Å².